The first kappa shape index (κ1) is 17.5. The Hall–Kier alpha value is -3.27. The number of nitrogens with two attached hydrogens (primary N) is 2. The lowest BCUT2D eigenvalue weighted by Crippen LogP contribution is -2.52. The molecule has 10 heteroatoms. The van der Waals surface area contributed by atoms with Crippen molar-refractivity contribution >= 4 is 18.0 Å². The maximum Gasteiger partial charge on any atom is 0.437 e. The summed E-state index contributed by atoms with van der Waals surface area (Å²) in [5.74, 6) is 0.303. The third-order valence-corrected chi connectivity index (χ3v) is 3.77. The summed E-state index contributed by atoms with van der Waals surface area (Å²) in [6, 6.07) is 5.36. The van der Waals surface area contributed by atoms with Gasteiger partial charge in [-0.3, -0.25) is 0 Å². The predicted molar refractivity (Wildman–Crippen MR) is 94.3 cm³/mol. The highest BCUT2D eigenvalue weighted by molar-refractivity contribution is 5.87. The third kappa shape index (κ3) is 4.22. The van der Waals surface area contributed by atoms with Crippen LogP contribution in [0.5, 0.6) is 0 Å². The van der Waals surface area contributed by atoms with E-state index in [-0.39, 0.29) is 18.7 Å². The van der Waals surface area contributed by atoms with Crippen LogP contribution in [-0.2, 0) is 16.1 Å². The van der Waals surface area contributed by atoms with Crippen LogP contribution in [0.1, 0.15) is 5.69 Å². The first-order valence-corrected chi connectivity index (χ1v) is 7.87. The molecule has 0 bridgehead atoms. The minimum atomic E-state index is -0.867. The van der Waals surface area contributed by atoms with E-state index in [2.05, 4.69) is 19.9 Å². The Labute approximate surface area is 149 Å². The van der Waals surface area contributed by atoms with Crippen LogP contribution >= 0.6 is 0 Å². The Morgan fingerprint density at radius 1 is 1.31 bits per heavy atom. The summed E-state index contributed by atoms with van der Waals surface area (Å²) in [4.78, 5) is 29.8. The number of ether oxygens (including phenoxy) is 2. The molecule has 1 saturated heterocycles. The van der Waals surface area contributed by atoms with Gasteiger partial charge in [0.25, 0.3) is 0 Å². The predicted octanol–water partition coefficient (Wildman–Crippen LogP) is 0.284. The number of rotatable bonds is 5. The van der Waals surface area contributed by atoms with E-state index >= 15 is 0 Å². The van der Waals surface area contributed by atoms with Crippen molar-refractivity contribution in [2.75, 3.05) is 25.1 Å². The molecule has 0 radical (unpaired) electrons. The topological polar surface area (TPSA) is 142 Å². The maximum atomic E-state index is 11.3. The van der Waals surface area contributed by atoms with Crippen molar-refractivity contribution in [3.63, 3.8) is 0 Å². The zero-order chi connectivity index (χ0) is 18.5. The second-order valence-electron chi connectivity index (χ2n) is 5.64. The number of aliphatic imine (C=N–C) groups is 1. The van der Waals surface area contributed by atoms with E-state index in [9.17, 15) is 4.79 Å². The lowest BCUT2D eigenvalue weighted by molar-refractivity contribution is 0.0778. The average Bonchev–Trinajstić information content (AvgIpc) is 2.59. The Morgan fingerprint density at radius 2 is 2.04 bits per heavy atom. The molecule has 0 unspecified atom stereocenters. The summed E-state index contributed by atoms with van der Waals surface area (Å²) in [5, 5.41) is 0. The molecule has 2 aromatic rings. The second kappa shape index (κ2) is 7.74. The van der Waals surface area contributed by atoms with Crippen LogP contribution in [0.4, 0.5) is 10.7 Å². The van der Waals surface area contributed by atoms with Gasteiger partial charge < -0.3 is 25.8 Å². The van der Waals surface area contributed by atoms with Gasteiger partial charge in [0.1, 0.15) is 6.61 Å². The van der Waals surface area contributed by atoms with Crippen LogP contribution < -0.4 is 16.4 Å². The lowest BCUT2D eigenvalue weighted by Gasteiger charge is -2.37. The summed E-state index contributed by atoms with van der Waals surface area (Å²) < 4.78 is 10.2. The summed E-state index contributed by atoms with van der Waals surface area (Å²) in [7, 11) is 1.69. The number of amides is 1. The van der Waals surface area contributed by atoms with Gasteiger partial charge in [-0.2, -0.15) is 0 Å². The van der Waals surface area contributed by atoms with Gasteiger partial charge in [0.15, 0.2) is 5.96 Å². The molecule has 10 nitrogen and oxygen atoms in total. The van der Waals surface area contributed by atoms with Gasteiger partial charge in [-0.15, -0.1) is 4.99 Å². The van der Waals surface area contributed by atoms with Crippen molar-refractivity contribution in [2.24, 2.45) is 16.5 Å². The molecular formula is C16H19N7O3. The Morgan fingerprint density at radius 3 is 2.69 bits per heavy atom. The monoisotopic (exact) mass is 357 g/mol. The van der Waals surface area contributed by atoms with Crippen molar-refractivity contribution in [2.45, 2.75) is 12.7 Å². The molecule has 1 fully saturated rings. The van der Waals surface area contributed by atoms with Crippen LogP contribution in [0.2, 0.25) is 0 Å². The van der Waals surface area contributed by atoms with E-state index in [0.29, 0.717) is 17.3 Å². The van der Waals surface area contributed by atoms with Gasteiger partial charge in [0.05, 0.1) is 17.5 Å². The Bertz CT molecular complexity index is 800. The largest absolute Gasteiger partial charge is 0.441 e. The molecular weight excluding hydrogens is 338 g/mol. The van der Waals surface area contributed by atoms with Crippen LogP contribution in [0.15, 0.2) is 35.6 Å². The third-order valence-electron chi connectivity index (χ3n) is 3.77. The molecule has 1 amide bonds. The number of carbonyl (C=O) groups excluding carboxylic acids is 1. The molecule has 0 aromatic carbocycles. The zero-order valence-corrected chi connectivity index (χ0v) is 14.2. The number of nitrogens with zero attached hydrogens (tertiary/aromatic N) is 5. The molecule has 136 valence electrons. The van der Waals surface area contributed by atoms with E-state index in [1.807, 2.05) is 11.0 Å². The normalized spacial score (nSPS) is 13.8. The molecule has 0 atom stereocenters. The number of anilines is 1. The van der Waals surface area contributed by atoms with Gasteiger partial charge >= 0.3 is 6.09 Å². The molecule has 2 aromatic heterocycles. The molecule has 1 aliphatic heterocycles. The highest BCUT2D eigenvalue weighted by atomic mass is 16.5. The Kier molecular flexibility index (Phi) is 5.23. The van der Waals surface area contributed by atoms with E-state index in [1.165, 1.54) is 0 Å². The first-order valence-electron chi connectivity index (χ1n) is 7.87. The van der Waals surface area contributed by atoms with Gasteiger partial charge in [-0.05, 0) is 12.1 Å². The zero-order valence-electron chi connectivity index (χ0n) is 14.2. The van der Waals surface area contributed by atoms with Crippen LogP contribution in [-0.4, -0.2) is 53.3 Å². The van der Waals surface area contributed by atoms with Gasteiger partial charge in [-0.25, -0.2) is 19.7 Å². The second-order valence-corrected chi connectivity index (χ2v) is 5.64. The molecule has 26 heavy (non-hydrogen) atoms. The fourth-order valence-corrected chi connectivity index (χ4v) is 2.36. The quantitative estimate of drug-likeness (QED) is 0.570. The van der Waals surface area contributed by atoms with E-state index in [1.54, 1.807) is 31.6 Å². The number of methoxy groups -OCH3 is 1. The summed E-state index contributed by atoms with van der Waals surface area (Å²) in [5.41, 5.74) is 12.2. The average molecular weight is 357 g/mol. The highest BCUT2D eigenvalue weighted by Crippen LogP contribution is 2.21. The molecule has 3 heterocycles. The molecule has 1 aliphatic rings. The molecule has 0 saturated carbocycles. The van der Waals surface area contributed by atoms with Gasteiger partial charge in [-0.1, -0.05) is 6.07 Å². The smallest absolute Gasteiger partial charge is 0.437 e. The molecule has 3 rings (SSSR count). The number of aromatic nitrogens is 3. The van der Waals surface area contributed by atoms with E-state index in [4.69, 9.17) is 20.9 Å². The molecule has 4 N–H and O–H groups in total. The van der Waals surface area contributed by atoms with E-state index in [0.717, 1.165) is 18.7 Å². The Balaban J connectivity index is 1.64. The van der Waals surface area contributed by atoms with Crippen molar-refractivity contribution in [1.82, 2.24) is 15.0 Å². The number of pyridine rings is 1. The van der Waals surface area contributed by atoms with Crippen molar-refractivity contribution in [3.8, 4) is 11.3 Å². The molecule has 0 aliphatic carbocycles. The van der Waals surface area contributed by atoms with Crippen LogP contribution in [0.25, 0.3) is 11.3 Å². The minimum Gasteiger partial charge on any atom is -0.441 e. The SMILES string of the molecule is COC1CN(c2ncc(-c3cccc(COC(=O)N=C(N)N)n3)cn2)C1. The number of hydrogen-bond donors (Lipinski definition) is 2. The summed E-state index contributed by atoms with van der Waals surface area (Å²) in [6.07, 6.45) is 2.78. The minimum absolute atomic E-state index is 0.0470. The van der Waals surface area contributed by atoms with Gasteiger partial charge in [0, 0.05) is 38.2 Å². The van der Waals surface area contributed by atoms with Crippen LogP contribution in [0.3, 0.4) is 0 Å². The van der Waals surface area contributed by atoms with Crippen LogP contribution in [0, 0.1) is 0 Å². The van der Waals surface area contributed by atoms with Crippen molar-refractivity contribution < 1.29 is 14.3 Å². The standard InChI is InChI=1S/C16H19N7O3/c1-25-12-7-23(8-12)15-19-5-10(6-20-15)13-4-2-3-11(21-13)9-26-16(24)22-14(17)18/h2-6,12H,7-9H2,1H3,(H4,17,18,22,24). The van der Waals surface area contributed by atoms with Crippen molar-refractivity contribution in [1.29, 1.82) is 0 Å². The summed E-state index contributed by atoms with van der Waals surface area (Å²) >= 11 is 0. The molecule has 0 spiro atoms. The summed E-state index contributed by atoms with van der Waals surface area (Å²) in [6.45, 7) is 1.52. The maximum absolute atomic E-state index is 11.3. The number of carbonyl (C=O) groups is 1. The highest BCUT2D eigenvalue weighted by Gasteiger charge is 2.28. The number of hydrogen-bond acceptors (Lipinski definition) is 7. The number of guanidine groups is 1. The fourth-order valence-electron chi connectivity index (χ4n) is 2.36. The lowest BCUT2D eigenvalue weighted by atomic mass is 10.2. The van der Waals surface area contributed by atoms with E-state index < -0.39 is 6.09 Å². The fraction of sp³-hybridized carbons (Fsp3) is 0.312. The first-order chi connectivity index (χ1) is 12.5. The van der Waals surface area contributed by atoms with Gasteiger partial charge in [0.2, 0.25) is 5.95 Å². The van der Waals surface area contributed by atoms with Crippen molar-refractivity contribution in [3.05, 3.63) is 36.3 Å².